The first-order valence-corrected chi connectivity index (χ1v) is 7.23. The zero-order valence-corrected chi connectivity index (χ0v) is 11.2. The molecule has 0 amide bonds. The van der Waals surface area contributed by atoms with Gasteiger partial charge in [0.05, 0.1) is 13.2 Å². The molecule has 0 aliphatic carbocycles. The maximum Gasteiger partial charge on any atom is 0.0587 e. The van der Waals surface area contributed by atoms with Crippen molar-refractivity contribution in [3.05, 3.63) is 21.9 Å². The molecule has 1 atom stereocenters. The monoisotopic (exact) mass is 265 g/mol. The third-order valence-corrected chi connectivity index (χ3v) is 4.11. The van der Waals surface area contributed by atoms with Gasteiger partial charge in [-0.1, -0.05) is 11.8 Å². The summed E-state index contributed by atoms with van der Waals surface area (Å²) in [6, 6.07) is 2.44. The van der Waals surface area contributed by atoms with Gasteiger partial charge in [0, 0.05) is 34.8 Å². The number of hydrogen-bond donors (Lipinski definition) is 2. The number of aliphatic hydroxyl groups excluding tert-OH is 2. The van der Waals surface area contributed by atoms with Gasteiger partial charge in [-0.2, -0.15) is 0 Å². The van der Waals surface area contributed by atoms with Gasteiger partial charge in [-0.05, 0) is 25.5 Å². The molecule has 1 fully saturated rings. The molecule has 0 radical (unpaired) electrons. The van der Waals surface area contributed by atoms with Gasteiger partial charge < -0.3 is 10.2 Å². The molecule has 1 unspecified atom stereocenters. The lowest BCUT2D eigenvalue weighted by atomic mass is 10.2. The van der Waals surface area contributed by atoms with Crippen molar-refractivity contribution in [2.24, 2.45) is 0 Å². The fraction of sp³-hybridized carbons (Fsp3) is 0.571. The molecule has 2 heterocycles. The van der Waals surface area contributed by atoms with E-state index in [9.17, 15) is 5.11 Å². The van der Waals surface area contributed by atoms with Crippen molar-refractivity contribution in [3.8, 4) is 11.8 Å². The molecule has 4 heteroatoms. The summed E-state index contributed by atoms with van der Waals surface area (Å²) < 4.78 is 0. The standard InChI is InChI=1S/C14H19NO2S/c16-7-2-1-4-12-8-14(18-11-12)9-15-6-3-5-13(15)10-17/h8,11,13,16-17H,2-3,5-7,9-10H2. The fourth-order valence-corrected chi connectivity index (χ4v) is 3.10. The van der Waals surface area contributed by atoms with Crippen molar-refractivity contribution in [2.75, 3.05) is 19.8 Å². The van der Waals surface area contributed by atoms with Crippen molar-refractivity contribution >= 4 is 11.3 Å². The summed E-state index contributed by atoms with van der Waals surface area (Å²) >= 11 is 1.72. The molecule has 1 aliphatic rings. The van der Waals surface area contributed by atoms with Crippen molar-refractivity contribution in [3.63, 3.8) is 0 Å². The second-order valence-electron chi connectivity index (χ2n) is 4.53. The molecule has 3 nitrogen and oxygen atoms in total. The van der Waals surface area contributed by atoms with Crippen LogP contribution in [0.4, 0.5) is 0 Å². The minimum atomic E-state index is 0.121. The predicted octanol–water partition coefficient (Wildman–Crippen LogP) is 1.44. The van der Waals surface area contributed by atoms with Gasteiger partial charge in [0.25, 0.3) is 0 Å². The van der Waals surface area contributed by atoms with Crippen LogP contribution in [0.2, 0.25) is 0 Å². The summed E-state index contributed by atoms with van der Waals surface area (Å²) in [6.45, 7) is 2.37. The second-order valence-corrected chi connectivity index (χ2v) is 5.52. The van der Waals surface area contributed by atoms with Gasteiger partial charge in [-0.15, -0.1) is 11.3 Å². The van der Waals surface area contributed by atoms with E-state index >= 15 is 0 Å². The van der Waals surface area contributed by atoms with Crippen molar-refractivity contribution < 1.29 is 10.2 Å². The number of hydrogen-bond acceptors (Lipinski definition) is 4. The minimum absolute atomic E-state index is 0.121. The van der Waals surface area contributed by atoms with Crippen LogP contribution in [0.15, 0.2) is 11.4 Å². The maximum atomic E-state index is 9.28. The topological polar surface area (TPSA) is 43.7 Å². The van der Waals surface area contributed by atoms with Gasteiger partial charge in [0.2, 0.25) is 0 Å². The van der Waals surface area contributed by atoms with Gasteiger partial charge in [0.1, 0.15) is 0 Å². The highest BCUT2D eigenvalue weighted by atomic mass is 32.1. The van der Waals surface area contributed by atoms with Gasteiger partial charge in [-0.3, -0.25) is 4.90 Å². The second kappa shape index (κ2) is 6.91. The largest absolute Gasteiger partial charge is 0.395 e. The Kier molecular flexibility index (Phi) is 5.21. The summed E-state index contributed by atoms with van der Waals surface area (Å²) in [7, 11) is 0. The van der Waals surface area contributed by atoms with Crippen molar-refractivity contribution in [2.45, 2.75) is 31.8 Å². The first-order chi connectivity index (χ1) is 8.83. The van der Waals surface area contributed by atoms with E-state index in [1.807, 2.05) is 0 Å². The molecule has 98 valence electrons. The Morgan fingerprint density at radius 3 is 3.11 bits per heavy atom. The molecule has 1 aromatic rings. The SMILES string of the molecule is OCCC#Cc1csc(CN2CCCC2CO)c1. The van der Waals surface area contributed by atoms with Crippen LogP contribution >= 0.6 is 11.3 Å². The van der Waals surface area contributed by atoms with Crippen LogP contribution in [0, 0.1) is 11.8 Å². The Labute approximate surface area is 112 Å². The average Bonchev–Trinajstić information content (AvgIpc) is 2.99. The van der Waals surface area contributed by atoms with E-state index in [1.54, 1.807) is 11.3 Å². The summed E-state index contributed by atoms with van der Waals surface area (Å²) in [5, 5.41) is 20.0. The van der Waals surface area contributed by atoms with Crippen LogP contribution in [0.1, 0.15) is 29.7 Å². The highest BCUT2D eigenvalue weighted by molar-refractivity contribution is 7.10. The fourth-order valence-electron chi connectivity index (χ4n) is 2.26. The molecule has 0 spiro atoms. The molecule has 0 saturated carbocycles. The molecule has 1 saturated heterocycles. The van der Waals surface area contributed by atoms with Gasteiger partial charge >= 0.3 is 0 Å². The third kappa shape index (κ3) is 3.56. The lowest BCUT2D eigenvalue weighted by molar-refractivity contribution is 0.154. The van der Waals surface area contributed by atoms with Crippen molar-refractivity contribution in [1.82, 2.24) is 4.90 Å². The Morgan fingerprint density at radius 1 is 1.44 bits per heavy atom. The Balaban J connectivity index is 1.92. The van der Waals surface area contributed by atoms with E-state index in [4.69, 9.17) is 5.11 Å². The molecule has 2 rings (SSSR count). The first-order valence-electron chi connectivity index (χ1n) is 6.35. The molecule has 1 aliphatic heterocycles. The van der Waals surface area contributed by atoms with Gasteiger partial charge in [-0.25, -0.2) is 0 Å². The Morgan fingerprint density at radius 2 is 2.33 bits per heavy atom. The predicted molar refractivity (Wildman–Crippen MR) is 73.4 cm³/mol. The van der Waals surface area contributed by atoms with E-state index in [-0.39, 0.29) is 13.2 Å². The Hall–Kier alpha value is -0.860. The number of rotatable bonds is 4. The maximum absolute atomic E-state index is 9.28. The summed E-state index contributed by atoms with van der Waals surface area (Å²) in [4.78, 5) is 3.64. The highest BCUT2D eigenvalue weighted by Crippen LogP contribution is 2.22. The third-order valence-electron chi connectivity index (χ3n) is 3.19. The smallest absolute Gasteiger partial charge is 0.0587 e. The molecule has 2 N–H and O–H groups in total. The van der Waals surface area contributed by atoms with E-state index in [0.29, 0.717) is 12.5 Å². The Bertz CT molecular complexity index is 432. The van der Waals surface area contributed by atoms with Crippen LogP contribution in [-0.4, -0.2) is 40.9 Å². The molecule has 18 heavy (non-hydrogen) atoms. The number of likely N-dealkylation sites (tertiary alicyclic amines) is 1. The molecule has 0 bridgehead atoms. The van der Waals surface area contributed by atoms with E-state index < -0.39 is 0 Å². The molecular weight excluding hydrogens is 246 g/mol. The van der Waals surface area contributed by atoms with Crippen LogP contribution in [-0.2, 0) is 6.54 Å². The number of aliphatic hydroxyl groups is 2. The van der Waals surface area contributed by atoms with Crippen LogP contribution in [0.5, 0.6) is 0 Å². The zero-order chi connectivity index (χ0) is 12.8. The normalized spacial score (nSPS) is 19.8. The van der Waals surface area contributed by atoms with E-state index in [2.05, 4.69) is 28.2 Å². The molecule has 0 aromatic carbocycles. The number of nitrogens with zero attached hydrogens (tertiary/aromatic N) is 1. The van der Waals surface area contributed by atoms with E-state index in [1.165, 1.54) is 11.3 Å². The minimum Gasteiger partial charge on any atom is -0.395 e. The lowest BCUT2D eigenvalue weighted by Crippen LogP contribution is -2.31. The number of thiophene rings is 1. The summed E-state index contributed by atoms with van der Waals surface area (Å²) in [6.07, 6.45) is 2.81. The summed E-state index contributed by atoms with van der Waals surface area (Å²) in [5.41, 5.74) is 1.03. The zero-order valence-electron chi connectivity index (χ0n) is 10.4. The summed E-state index contributed by atoms with van der Waals surface area (Å²) in [5.74, 6) is 5.98. The quantitative estimate of drug-likeness (QED) is 0.810. The lowest BCUT2D eigenvalue weighted by Gasteiger charge is -2.21. The van der Waals surface area contributed by atoms with Gasteiger partial charge in [0.15, 0.2) is 0 Å². The van der Waals surface area contributed by atoms with Crippen LogP contribution in [0.25, 0.3) is 0 Å². The average molecular weight is 265 g/mol. The molecular formula is C14H19NO2S. The molecule has 1 aromatic heterocycles. The van der Waals surface area contributed by atoms with Crippen LogP contribution < -0.4 is 0 Å². The van der Waals surface area contributed by atoms with E-state index in [0.717, 1.165) is 25.1 Å². The van der Waals surface area contributed by atoms with Crippen molar-refractivity contribution in [1.29, 1.82) is 0 Å². The van der Waals surface area contributed by atoms with Crippen LogP contribution in [0.3, 0.4) is 0 Å². The highest BCUT2D eigenvalue weighted by Gasteiger charge is 2.23. The first kappa shape index (κ1) is 13.6.